The summed E-state index contributed by atoms with van der Waals surface area (Å²) in [6.07, 6.45) is 26.5. The third kappa shape index (κ3) is 21.2. The molecule has 0 aromatic rings. The van der Waals surface area contributed by atoms with Crippen LogP contribution < -0.4 is 5.32 Å². The van der Waals surface area contributed by atoms with Gasteiger partial charge in [-0.2, -0.15) is 0 Å². The fourth-order valence-corrected chi connectivity index (χ4v) is 3.62. The minimum atomic E-state index is 0.886. The van der Waals surface area contributed by atoms with Crippen LogP contribution >= 0.6 is 0 Å². The summed E-state index contributed by atoms with van der Waals surface area (Å²) in [6.45, 7) is 20.1. The summed E-state index contributed by atoms with van der Waals surface area (Å²) in [5.74, 6) is 0. The molecule has 0 atom stereocenters. The quantitative estimate of drug-likeness (QED) is 0.106. The number of nitrogens with one attached hydrogen (secondary N) is 1. The van der Waals surface area contributed by atoms with Crippen LogP contribution in [0.1, 0.15) is 123 Å². The Morgan fingerprint density at radius 1 is 0.600 bits per heavy atom. The van der Waals surface area contributed by atoms with Crippen LogP contribution in [0.5, 0.6) is 0 Å². The SMILES string of the molecule is C=C/C(=C\CC(=C)C)NC(=C)CCCCCCCCCCCCCCCCC(=C)C. The largest absolute Gasteiger partial charge is 0.360 e. The average Bonchev–Trinajstić information content (AvgIpc) is 2.70. The maximum Gasteiger partial charge on any atom is 0.0338 e. The van der Waals surface area contributed by atoms with Crippen LogP contribution in [0.4, 0.5) is 0 Å². The van der Waals surface area contributed by atoms with Crippen molar-refractivity contribution in [3.63, 3.8) is 0 Å². The van der Waals surface area contributed by atoms with E-state index in [4.69, 9.17) is 0 Å². The summed E-state index contributed by atoms with van der Waals surface area (Å²) in [4.78, 5) is 0. The van der Waals surface area contributed by atoms with Crippen molar-refractivity contribution in [1.29, 1.82) is 0 Å². The lowest BCUT2D eigenvalue weighted by Gasteiger charge is -2.10. The molecular formula is C29H51N. The molecule has 0 rings (SSSR count). The van der Waals surface area contributed by atoms with Crippen LogP contribution in [0.25, 0.3) is 0 Å². The molecule has 0 bridgehead atoms. The van der Waals surface area contributed by atoms with E-state index in [1.165, 1.54) is 102 Å². The predicted octanol–water partition coefficient (Wildman–Crippen LogP) is 9.94. The number of allylic oxidation sites excluding steroid dienone is 5. The summed E-state index contributed by atoms with van der Waals surface area (Å²) in [6, 6.07) is 0. The van der Waals surface area contributed by atoms with Crippen LogP contribution in [-0.4, -0.2) is 0 Å². The predicted molar refractivity (Wildman–Crippen MR) is 139 cm³/mol. The summed E-state index contributed by atoms with van der Waals surface area (Å²) in [5, 5.41) is 3.38. The second kappa shape index (κ2) is 20.8. The van der Waals surface area contributed by atoms with Gasteiger partial charge in [0.1, 0.15) is 0 Å². The van der Waals surface area contributed by atoms with E-state index in [1.807, 2.05) is 13.0 Å². The zero-order valence-corrected chi connectivity index (χ0v) is 20.5. The van der Waals surface area contributed by atoms with Crippen molar-refractivity contribution >= 4 is 0 Å². The lowest BCUT2D eigenvalue weighted by Crippen LogP contribution is -2.10. The molecule has 0 saturated carbocycles. The molecule has 0 aromatic heterocycles. The van der Waals surface area contributed by atoms with Gasteiger partial charge in [0, 0.05) is 11.4 Å². The minimum absolute atomic E-state index is 0.886. The molecule has 0 amide bonds. The van der Waals surface area contributed by atoms with Crippen molar-refractivity contribution in [2.24, 2.45) is 0 Å². The highest BCUT2D eigenvalue weighted by Gasteiger charge is 1.98. The highest BCUT2D eigenvalue weighted by atomic mass is 14.9. The molecule has 1 N–H and O–H groups in total. The molecule has 0 spiro atoms. The van der Waals surface area contributed by atoms with Gasteiger partial charge in [-0.15, -0.1) is 6.58 Å². The second-order valence-corrected chi connectivity index (χ2v) is 9.16. The average molecular weight is 414 g/mol. The molecule has 172 valence electrons. The third-order valence-electron chi connectivity index (χ3n) is 5.54. The highest BCUT2D eigenvalue weighted by molar-refractivity contribution is 5.20. The van der Waals surface area contributed by atoms with E-state index in [2.05, 4.69) is 44.6 Å². The van der Waals surface area contributed by atoms with Crippen LogP contribution in [0.2, 0.25) is 0 Å². The Hall–Kier alpha value is -1.50. The summed E-state index contributed by atoms with van der Waals surface area (Å²) in [7, 11) is 0. The van der Waals surface area contributed by atoms with Crippen LogP contribution in [0.15, 0.2) is 61.0 Å². The Labute approximate surface area is 189 Å². The number of unbranched alkanes of at least 4 members (excludes halogenated alkanes) is 13. The van der Waals surface area contributed by atoms with Gasteiger partial charge < -0.3 is 5.32 Å². The normalized spacial score (nSPS) is 11.3. The zero-order chi connectivity index (χ0) is 22.5. The Morgan fingerprint density at radius 2 is 1.00 bits per heavy atom. The highest BCUT2D eigenvalue weighted by Crippen LogP contribution is 2.15. The maximum atomic E-state index is 4.15. The Kier molecular flexibility index (Phi) is 19.7. The standard InChI is InChI=1S/C29H51N/c1-7-29(25-24-27(4)5)30-28(6)23-21-19-17-15-13-11-9-8-10-12-14-16-18-20-22-26(2)3/h7,25,30H,1-2,4,6,8-24H2,3,5H3/b29-25+. The number of hydrogen-bond acceptors (Lipinski definition) is 1. The van der Waals surface area contributed by atoms with Crippen molar-refractivity contribution in [1.82, 2.24) is 5.32 Å². The smallest absolute Gasteiger partial charge is 0.0338 e. The lowest BCUT2D eigenvalue weighted by atomic mass is 10.0. The van der Waals surface area contributed by atoms with Gasteiger partial charge in [0.2, 0.25) is 0 Å². The third-order valence-corrected chi connectivity index (χ3v) is 5.54. The first-order valence-electron chi connectivity index (χ1n) is 12.5. The molecule has 0 fully saturated rings. The van der Waals surface area contributed by atoms with Crippen molar-refractivity contribution in [3.05, 3.63) is 61.0 Å². The first kappa shape index (κ1) is 28.5. The van der Waals surface area contributed by atoms with Gasteiger partial charge in [0.25, 0.3) is 0 Å². The molecule has 0 aliphatic heterocycles. The van der Waals surface area contributed by atoms with Gasteiger partial charge in [-0.05, 0) is 52.0 Å². The van der Waals surface area contributed by atoms with E-state index in [1.54, 1.807) is 0 Å². The van der Waals surface area contributed by atoms with Crippen molar-refractivity contribution in [2.45, 2.75) is 123 Å². The van der Waals surface area contributed by atoms with Crippen molar-refractivity contribution < 1.29 is 0 Å². The van der Waals surface area contributed by atoms with E-state index in [0.29, 0.717) is 0 Å². The van der Waals surface area contributed by atoms with E-state index in [9.17, 15) is 0 Å². The van der Waals surface area contributed by atoms with Crippen LogP contribution in [0, 0.1) is 0 Å². The van der Waals surface area contributed by atoms with Crippen LogP contribution in [0.3, 0.4) is 0 Å². The maximum absolute atomic E-state index is 4.15. The second-order valence-electron chi connectivity index (χ2n) is 9.16. The van der Waals surface area contributed by atoms with E-state index < -0.39 is 0 Å². The number of hydrogen-bond donors (Lipinski definition) is 1. The van der Waals surface area contributed by atoms with Gasteiger partial charge in [0.15, 0.2) is 0 Å². The first-order chi connectivity index (χ1) is 14.5. The van der Waals surface area contributed by atoms with Crippen LogP contribution in [-0.2, 0) is 0 Å². The molecule has 1 nitrogen and oxygen atoms in total. The number of rotatable bonds is 22. The topological polar surface area (TPSA) is 12.0 Å². The molecule has 0 unspecified atom stereocenters. The van der Waals surface area contributed by atoms with Gasteiger partial charge in [-0.3, -0.25) is 0 Å². The van der Waals surface area contributed by atoms with E-state index >= 15 is 0 Å². The van der Waals surface area contributed by atoms with E-state index in [-0.39, 0.29) is 0 Å². The first-order valence-corrected chi connectivity index (χ1v) is 12.5. The van der Waals surface area contributed by atoms with Gasteiger partial charge in [-0.1, -0.05) is 114 Å². The Bertz CT molecular complexity index is 508. The molecule has 0 saturated heterocycles. The molecule has 0 radical (unpaired) electrons. The Morgan fingerprint density at radius 3 is 1.37 bits per heavy atom. The van der Waals surface area contributed by atoms with Crippen molar-refractivity contribution in [2.75, 3.05) is 0 Å². The van der Waals surface area contributed by atoms with Crippen molar-refractivity contribution in [3.8, 4) is 0 Å². The summed E-state index contributed by atoms with van der Waals surface area (Å²) >= 11 is 0. The zero-order valence-electron chi connectivity index (χ0n) is 20.5. The molecular weight excluding hydrogens is 362 g/mol. The van der Waals surface area contributed by atoms with Gasteiger partial charge in [-0.25, -0.2) is 0 Å². The summed E-state index contributed by atoms with van der Waals surface area (Å²) < 4.78 is 0. The summed E-state index contributed by atoms with van der Waals surface area (Å²) in [5.41, 5.74) is 4.64. The molecule has 0 aliphatic rings. The van der Waals surface area contributed by atoms with E-state index in [0.717, 1.165) is 29.8 Å². The van der Waals surface area contributed by atoms with Gasteiger partial charge >= 0.3 is 0 Å². The molecule has 0 aromatic carbocycles. The fraction of sp³-hybridized carbons (Fsp3) is 0.655. The molecule has 0 heterocycles. The molecule has 1 heteroatoms. The molecule has 30 heavy (non-hydrogen) atoms. The lowest BCUT2D eigenvalue weighted by molar-refractivity contribution is 0.532. The fourth-order valence-electron chi connectivity index (χ4n) is 3.62. The minimum Gasteiger partial charge on any atom is -0.360 e. The monoisotopic (exact) mass is 413 g/mol. The molecule has 0 aliphatic carbocycles. The van der Waals surface area contributed by atoms with Gasteiger partial charge in [0.05, 0.1) is 0 Å². The Balaban J connectivity index is 3.39.